The highest BCUT2D eigenvalue weighted by Crippen LogP contribution is 2.31. The van der Waals surface area contributed by atoms with E-state index in [4.69, 9.17) is 4.42 Å². The Morgan fingerprint density at radius 1 is 1.22 bits per heavy atom. The van der Waals surface area contributed by atoms with Crippen LogP contribution in [0, 0.1) is 6.92 Å². The molecule has 0 aromatic carbocycles. The quantitative estimate of drug-likeness (QED) is 0.809. The topological polar surface area (TPSA) is 55.5 Å². The summed E-state index contributed by atoms with van der Waals surface area (Å²) in [7, 11) is 0. The molecule has 1 aliphatic rings. The molecule has 1 unspecified atom stereocenters. The summed E-state index contributed by atoms with van der Waals surface area (Å²) in [4.78, 5) is 26.6. The monoisotopic (exact) mass is 382 g/mol. The molecule has 3 heterocycles. The second-order valence-corrected chi connectivity index (χ2v) is 6.75. The number of hydrogen-bond acceptors (Lipinski definition) is 3. The first-order valence-electron chi connectivity index (χ1n) is 8.90. The van der Waals surface area contributed by atoms with Gasteiger partial charge in [0.05, 0.1) is 6.04 Å². The number of hydrogen-bond donors (Lipinski definition) is 0. The number of alkyl halides is 3. The van der Waals surface area contributed by atoms with Gasteiger partial charge >= 0.3 is 6.18 Å². The van der Waals surface area contributed by atoms with E-state index >= 15 is 0 Å². The van der Waals surface area contributed by atoms with Crippen LogP contribution in [-0.2, 0) is 17.5 Å². The number of pyridine rings is 1. The number of carbonyl (C=O) groups is 1. The Morgan fingerprint density at radius 2 is 2.00 bits per heavy atom. The van der Waals surface area contributed by atoms with Crippen molar-refractivity contribution in [2.24, 2.45) is 0 Å². The van der Waals surface area contributed by atoms with Gasteiger partial charge in [-0.15, -0.1) is 0 Å². The molecular weight excluding hydrogens is 361 g/mol. The number of aryl methyl sites for hydroxylation is 1. The van der Waals surface area contributed by atoms with E-state index in [1.807, 2.05) is 19.1 Å². The average Bonchev–Trinajstić information content (AvgIpc) is 2.88. The maximum atomic E-state index is 12.9. The highest BCUT2D eigenvalue weighted by Gasteiger charge is 2.35. The fraction of sp³-hybridized carbons (Fsp3) is 0.474. The lowest BCUT2D eigenvalue weighted by Gasteiger charge is -2.29. The molecule has 1 saturated heterocycles. The van der Waals surface area contributed by atoms with Gasteiger partial charge in [0, 0.05) is 12.7 Å². The van der Waals surface area contributed by atoms with Gasteiger partial charge in [-0.25, -0.2) is 0 Å². The summed E-state index contributed by atoms with van der Waals surface area (Å²) < 4.78 is 45.3. The molecule has 0 radical (unpaired) electrons. The number of nitrogens with zero attached hydrogens (tertiary/aromatic N) is 2. The van der Waals surface area contributed by atoms with Crippen molar-refractivity contribution in [1.29, 1.82) is 0 Å². The summed E-state index contributed by atoms with van der Waals surface area (Å²) in [5.41, 5.74) is -2.48. The van der Waals surface area contributed by atoms with Crippen LogP contribution in [0.25, 0.3) is 0 Å². The first kappa shape index (κ1) is 19.3. The van der Waals surface area contributed by atoms with Gasteiger partial charge in [0.1, 0.15) is 23.6 Å². The van der Waals surface area contributed by atoms with Gasteiger partial charge in [-0.05, 0) is 44.0 Å². The molecule has 2 aromatic rings. The van der Waals surface area contributed by atoms with Gasteiger partial charge in [0.2, 0.25) is 5.91 Å². The van der Waals surface area contributed by atoms with Crippen LogP contribution in [-0.4, -0.2) is 21.9 Å². The van der Waals surface area contributed by atoms with Gasteiger partial charge < -0.3 is 13.9 Å². The molecule has 1 atom stereocenters. The number of carbonyl (C=O) groups excluding carboxylic acids is 1. The third kappa shape index (κ3) is 4.26. The lowest BCUT2D eigenvalue weighted by molar-refractivity contribution is -0.140. The van der Waals surface area contributed by atoms with Crippen LogP contribution in [0.5, 0.6) is 0 Å². The summed E-state index contributed by atoms with van der Waals surface area (Å²) in [6.45, 7) is 1.87. The highest BCUT2D eigenvalue weighted by atomic mass is 19.4. The predicted molar refractivity (Wildman–Crippen MR) is 92.1 cm³/mol. The van der Waals surface area contributed by atoms with E-state index in [9.17, 15) is 22.8 Å². The van der Waals surface area contributed by atoms with E-state index in [2.05, 4.69) is 0 Å². The molecule has 0 spiro atoms. The molecule has 8 heteroatoms. The Balaban J connectivity index is 1.86. The van der Waals surface area contributed by atoms with Crippen molar-refractivity contribution >= 4 is 5.91 Å². The molecule has 1 aliphatic heterocycles. The second-order valence-electron chi connectivity index (χ2n) is 6.75. The minimum atomic E-state index is -4.75. The Hall–Kier alpha value is -2.51. The highest BCUT2D eigenvalue weighted by molar-refractivity contribution is 5.76. The molecule has 3 rings (SSSR count). The number of likely N-dealkylation sites (tertiary alicyclic amines) is 1. The van der Waals surface area contributed by atoms with Crippen LogP contribution >= 0.6 is 0 Å². The van der Waals surface area contributed by atoms with Crippen LogP contribution in [0.4, 0.5) is 13.2 Å². The van der Waals surface area contributed by atoms with Gasteiger partial charge in [0.15, 0.2) is 0 Å². The third-order valence-electron chi connectivity index (χ3n) is 4.79. The standard InChI is InChI=1S/C19H21F3N2O3/c1-13-8-9-16(27-13)15-7-3-2-4-11-24(15)17(25)12-23-10-5-6-14(18(23)26)19(20,21)22/h5-6,8-10,15H,2-4,7,11-12H2,1H3. The molecule has 5 nitrogen and oxygen atoms in total. The Morgan fingerprint density at radius 3 is 2.67 bits per heavy atom. The van der Waals surface area contributed by atoms with Crippen molar-refractivity contribution in [2.45, 2.75) is 51.4 Å². The maximum Gasteiger partial charge on any atom is 0.421 e. The zero-order valence-electron chi connectivity index (χ0n) is 15.0. The fourth-order valence-electron chi connectivity index (χ4n) is 3.45. The summed E-state index contributed by atoms with van der Waals surface area (Å²) in [5, 5.41) is 0. The van der Waals surface area contributed by atoms with Crippen molar-refractivity contribution in [3.63, 3.8) is 0 Å². The van der Waals surface area contributed by atoms with E-state index in [1.165, 1.54) is 6.20 Å². The second kappa shape index (κ2) is 7.62. The van der Waals surface area contributed by atoms with Crippen LogP contribution < -0.4 is 5.56 Å². The summed E-state index contributed by atoms with van der Waals surface area (Å²) in [6, 6.07) is 5.23. The maximum absolute atomic E-state index is 12.9. The largest absolute Gasteiger partial charge is 0.464 e. The first-order chi connectivity index (χ1) is 12.8. The molecule has 0 N–H and O–H groups in total. The average molecular weight is 382 g/mol. The molecule has 1 fully saturated rings. The molecular formula is C19H21F3N2O3. The zero-order chi connectivity index (χ0) is 19.6. The molecule has 146 valence electrons. The van der Waals surface area contributed by atoms with Crippen molar-refractivity contribution in [3.05, 3.63) is 57.9 Å². The lowest BCUT2D eigenvalue weighted by Crippen LogP contribution is -2.39. The molecule has 0 saturated carbocycles. The SMILES string of the molecule is Cc1ccc(C2CCCCCN2C(=O)Cn2cccc(C(F)(F)F)c2=O)o1. The van der Waals surface area contributed by atoms with E-state index in [0.29, 0.717) is 12.3 Å². The smallest absolute Gasteiger partial charge is 0.421 e. The number of halogens is 3. The number of furan rings is 1. The molecule has 2 aromatic heterocycles. The van der Waals surface area contributed by atoms with Gasteiger partial charge in [0.25, 0.3) is 5.56 Å². The first-order valence-corrected chi connectivity index (χ1v) is 8.90. The molecule has 0 aliphatic carbocycles. The van der Waals surface area contributed by atoms with Crippen molar-refractivity contribution in [1.82, 2.24) is 9.47 Å². The number of rotatable bonds is 3. The van der Waals surface area contributed by atoms with E-state index in [0.717, 1.165) is 48.1 Å². The minimum Gasteiger partial charge on any atom is -0.464 e. The van der Waals surface area contributed by atoms with Crippen LogP contribution in [0.1, 0.15) is 48.8 Å². The predicted octanol–water partition coefficient (Wildman–Crippen LogP) is 3.91. The minimum absolute atomic E-state index is 0.268. The van der Waals surface area contributed by atoms with E-state index in [-0.39, 0.29) is 6.04 Å². The van der Waals surface area contributed by atoms with Crippen LogP contribution in [0.2, 0.25) is 0 Å². The van der Waals surface area contributed by atoms with E-state index < -0.39 is 29.8 Å². The fourth-order valence-corrected chi connectivity index (χ4v) is 3.45. The summed E-state index contributed by atoms with van der Waals surface area (Å²) in [6.07, 6.45) is -0.129. The zero-order valence-corrected chi connectivity index (χ0v) is 15.0. The molecule has 1 amide bonds. The van der Waals surface area contributed by atoms with Crippen molar-refractivity contribution < 1.29 is 22.4 Å². The normalized spacial score (nSPS) is 18.4. The number of aromatic nitrogens is 1. The summed E-state index contributed by atoms with van der Waals surface area (Å²) >= 11 is 0. The van der Waals surface area contributed by atoms with Crippen molar-refractivity contribution in [2.75, 3.05) is 6.54 Å². The van der Waals surface area contributed by atoms with Crippen molar-refractivity contribution in [3.8, 4) is 0 Å². The lowest BCUT2D eigenvalue weighted by atomic mass is 10.1. The molecule has 27 heavy (non-hydrogen) atoms. The Kier molecular flexibility index (Phi) is 5.43. The Bertz CT molecular complexity index is 870. The van der Waals surface area contributed by atoms with Gasteiger partial charge in [-0.2, -0.15) is 13.2 Å². The third-order valence-corrected chi connectivity index (χ3v) is 4.79. The summed E-state index contributed by atoms with van der Waals surface area (Å²) in [5.74, 6) is 1.01. The van der Waals surface area contributed by atoms with Gasteiger partial charge in [-0.3, -0.25) is 9.59 Å². The molecule has 0 bridgehead atoms. The Labute approximate surface area is 154 Å². The number of amides is 1. The van der Waals surface area contributed by atoms with Gasteiger partial charge in [-0.1, -0.05) is 12.8 Å². The van der Waals surface area contributed by atoms with E-state index in [1.54, 1.807) is 4.90 Å². The van der Waals surface area contributed by atoms with Crippen LogP contribution in [0.15, 0.2) is 39.7 Å². The van der Waals surface area contributed by atoms with Crippen LogP contribution in [0.3, 0.4) is 0 Å².